The van der Waals surface area contributed by atoms with Gasteiger partial charge >= 0.3 is 7.60 Å². The number of anilines is 1. The molecule has 1 aliphatic heterocycles. The Morgan fingerprint density at radius 2 is 1.94 bits per heavy atom. The molecule has 0 amide bonds. The molecule has 190 valence electrons. The number of hydrogen-bond donors (Lipinski definition) is 5. The average molecular weight is 548 g/mol. The third-order valence-electron chi connectivity index (χ3n) is 6.76. The van der Waals surface area contributed by atoms with E-state index in [1.807, 2.05) is 6.07 Å². The van der Waals surface area contributed by atoms with Gasteiger partial charge < -0.3 is 30.1 Å². The number of imidazole rings is 1. The second-order valence-corrected chi connectivity index (χ2v) is 13.9. The van der Waals surface area contributed by atoms with Gasteiger partial charge in [0.25, 0.3) is 0 Å². The molecule has 13 nitrogen and oxygen atoms in total. The third kappa shape index (κ3) is 4.80. The Balaban J connectivity index is 1.45. The number of pyridine rings is 1. The van der Waals surface area contributed by atoms with Crippen LogP contribution in [0.1, 0.15) is 31.1 Å². The monoisotopic (exact) mass is 547 g/mol. The normalized spacial score (nSPS) is 32.5. The van der Waals surface area contributed by atoms with Crippen LogP contribution in [0.2, 0.25) is 5.15 Å². The predicted molar refractivity (Wildman–Crippen MR) is 122 cm³/mol. The van der Waals surface area contributed by atoms with Crippen LogP contribution in [0.3, 0.4) is 0 Å². The van der Waals surface area contributed by atoms with E-state index in [1.165, 1.54) is 17.3 Å². The highest BCUT2D eigenvalue weighted by atomic mass is 35.5. The van der Waals surface area contributed by atoms with Gasteiger partial charge in [-0.15, -0.1) is 0 Å². The number of fused-ring (bicyclic) bond motifs is 2. The molecule has 0 radical (unpaired) electrons. The number of aliphatic hydroxyl groups is 2. The summed E-state index contributed by atoms with van der Waals surface area (Å²) in [5, 5.41) is 33.9. The lowest BCUT2D eigenvalue weighted by atomic mass is 10.1. The van der Waals surface area contributed by atoms with Gasteiger partial charge in [0.1, 0.15) is 35.5 Å². The molecule has 2 saturated carbocycles. The van der Waals surface area contributed by atoms with E-state index in [9.17, 15) is 28.5 Å². The largest absolute Gasteiger partial charge is 0.387 e. The molecule has 6 atom stereocenters. The zero-order valence-electron chi connectivity index (χ0n) is 18.1. The second kappa shape index (κ2) is 8.64. The van der Waals surface area contributed by atoms with Crippen molar-refractivity contribution in [3.05, 3.63) is 17.0 Å². The molecule has 0 aromatic carbocycles. The van der Waals surface area contributed by atoms with Crippen molar-refractivity contribution in [3.8, 4) is 6.07 Å². The van der Waals surface area contributed by atoms with Crippen molar-refractivity contribution in [3.63, 3.8) is 0 Å². The molecule has 5 N–H and O–H groups in total. The van der Waals surface area contributed by atoms with Crippen LogP contribution in [-0.2, 0) is 19.1 Å². The van der Waals surface area contributed by atoms with Gasteiger partial charge in [0.2, 0.25) is 0 Å². The quantitative estimate of drug-likeness (QED) is 0.235. The minimum absolute atomic E-state index is 0.0961. The topological polar surface area (TPSA) is 208 Å². The molecule has 16 heteroatoms. The molecule has 2 aromatic heterocycles. The molecule has 3 aliphatic rings. The fourth-order valence-electron chi connectivity index (χ4n) is 5.13. The average Bonchev–Trinajstić information content (AvgIpc) is 3.03. The first kappa shape index (κ1) is 24.9. The van der Waals surface area contributed by atoms with Crippen LogP contribution < -0.4 is 5.32 Å². The minimum Gasteiger partial charge on any atom is -0.387 e. The smallest absolute Gasteiger partial charge is 0.340 e. The van der Waals surface area contributed by atoms with Gasteiger partial charge in [-0.25, -0.2) is 18.4 Å². The maximum absolute atomic E-state index is 12.2. The summed E-state index contributed by atoms with van der Waals surface area (Å²) in [4.78, 5) is 26.5. The highest BCUT2D eigenvalue weighted by Gasteiger charge is 2.48. The Kier molecular flexibility index (Phi) is 6.13. The molecule has 3 fully saturated rings. The van der Waals surface area contributed by atoms with Crippen LogP contribution in [-0.4, -0.2) is 78.6 Å². The lowest BCUT2D eigenvalue weighted by Crippen LogP contribution is -2.35. The van der Waals surface area contributed by atoms with Crippen molar-refractivity contribution in [1.29, 1.82) is 5.26 Å². The van der Waals surface area contributed by atoms with Gasteiger partial charge in [0.15, 0.2) is 32.4 Å². The maximum atomic E-state index is 12.2. The van der Waals surface area contributed by atoms with Crippen LogP contribution in [0.25, 0.3) is 11.2 Å². The number of sulfone groups is 1. The van der Waals surface area contributed by atoms with Crippen molar-refractivity contribution >= 4 is 45.9 Å². The zero-order chi connectivity index (χ0) is 25.3. The summed E-state index contributed by atoms with van der Waals surface area (Å²) in [7, 11) is -9.19. The molecule has 2 unspecified atom stereocenters. The molecule has 35 heavy (non-hydrogen) atoms. The molecule has 3 heterocycles. The first-order valence-corrected chi connectivity index (χ1v) is 14.9. The number of aromatic nitrogens is 3. The van der Waals surface area contributed by atoms with Crippen LogP contribution in [0.15, 0.2) is 6.33 Å². The SMILES string of the molecule is N#Cc1c(Cl)nc2c(ncn2[C@@H]2O[C@H](CS(=O)(=O)CP(=O)(O)O)[C@@H](O)[C@H]2O)c1NC1CC2CC2C1. The highest BCUT2D eigenvalue weighted by Crippen LogP contribution is 2.52. The number of nitrogens with zero attached hydrogens (tertiary/aromatic N) is 4. The Morgan fingerprint density at radius 1 is 1.26 bits per heavy atom. The number of halogens is 1. The van der Waals surface area contributed by atoms with Gasteiger partial charge in [-0.2, -0.15) is 5.26 Å². The summed E-state index contributed by atoms with van der Waals surface area (Å²) >= 11 is 6.29. The summed E-state index contributed by atoms with van der Waals surface area (Å²) < 4.78 is 42.3. The van der Waals surface area contributed by atoms with Gasteiger partial charge in [-0.1, -0.05) is 11.6 Å². The number of aliphatic hydroxyl groups excluding tert-OH is 2. The van der Waals surface area contributed by atoms with E-state index >= 15 is 0 Å². The number of ether oxygens (including phenoxy) is 1. The van der Waals surface area contributed by atoms with E-state index in [-0.39, 0.29) is 22.4 Å². The molecule has 2 aliphatic carbocycles. The van der Waals surface area contributed by atoms with Crippen LogP contribution in [0.4, 0.5) is 5.69 Å². The maximum Gasteiger partial charge on any atom is 0.340 e. The standard InChI is InChI=1S/C19H23ClN5O8PS/c20-17-11(4-21)13(23-10-2-8-1-9(8)3-10)14-18(24-17)25(6-22-14)19-16(27)15(26)12(33-19)5-35(31,32)7-34(28,29)30/h6,8-10,12,15-16,19,26-27H,1-3,5,7H2,(H,23,24)(H2,28,29,30)/t8?,9?,10?,12-,15-,16-,19-/m1/s1. The van der Waals surface area contributed by atoms with E-state index in [0.29, 0.717) is 23.0 Å². The lowest BCUT2D eigenvalue weighted by Gasteiger charge is -2.19. The first-order chi connectivity index (χ1) is 16.4. The Morgan fingerprint density at radius 3 is 2.57 bits per heavy atom. The molecule has 5 rings (SSSR count). The van der Waals surface area contributed by atoms with E-state index in [4.69, 9.17) is 26.1 Å². The van der Waals surface area contributed by atoms with Crippen molar-refractivity contribution < 1.29 is 37.7 Å². The highest BCUT2D eigenvalue weighted by molar-refractivity contribution is 7.97. The Hall–Kier alpha value is -1.82. The van der Waals surface area contributed by atoms with E-state index < -0.39 is 53.2 Å². The molecular formula is C19H23ClN5O8PS. The predicted octanol–water partition coefficient (Wildman–Crippen LogP) is 0.336. The summed E-state index contributed by atoms with van der Waals surface area (Å²) in [6.07, 6.45) is -1.60. The van der Waals surface area contributed by atoms with Crippen molar-refractivity contribution in [1.82, 2.24) is 14.5 Å². The van der Waals surface area contributed by atoms with E-state index in [2.05, 4.69) is 15.3 Å². The summed E-state index contributed by atoms with van der Waals surface area (Å²) in [5.41, 5.74) is -0.433. The summed E-state index contributed by atoms with van der Waals surface area (Å²) in [5.74, 6) is 0.458. The molecular weight excluding hydrogens is 525 g/mol. The van der Waals surface area contributed by atoms with Crippen LogP contribution in [0.5, 0.6) is 0 Å². The van der Waals surface area contributed by atoms with Gasteiger partial charge in [0, 0.05) is 6.04 Å². The summed E-state index contributed by atoms with van der Waals surface area (Å²) in [6.45, 7) is 0. The molecule has 2 aromatic rings. The number of hydrogen-bond acceptors (Lipinski definition) is 10. The fraction of sp³-hybridized carbons (Fsp3) is 0.632. The number of nitriles is 1. The van der Waals surface area contributed by atoms with E-state index in [1.54, 1.807) is 0 Å². The van der Waals surface area contributed by atoms with Crippen molar-refractivity contribution in [2.45, 2.75) is 49.8 Å². The van der Waals surface area contributed by atoms with Crippen molar-refractivity contribution in [2.24, 2.45) is 11.8 Å². The van der Waals surface area contributed by atoms with Gasteiger partial charge in [-0.3, -0.25) is 9.13 Å². The first-order valence-electron chi connectivity index (χ1n) is 10.9. The fourth-order valence-corrected chi connectivity index (χ4v) is 8.60. The van der Waals surface area contributed by atoms with Crippen molar-refractivity contribution in [2.75, 3.05) is 16.6 Å². The lowest BCUT2D eigenvalue weighted by molar-refractivity contribution is -0.0292. The second-order valence-electron chi connectivity index (χ2n) is 9.41. The van der Waals surface area contributed by atoms with Gasteiger partial charge in [0.05, 0.1) is 17.8 Å². The van der Waals surface area contributed by atoms with Gasteiger partial charge in [-0.05, 0) is 31.1 Å². The van der Waals surface area contributed by atoms with Crippen LogP contribution >= 0.6 is 19.2 Å². The number of nitrogens with one attached hydrogen (secondary N) is 1. The molecule has 0 spiro atoms. The van der Waals surface area contributed by atoms with E-state index in [0.717, 1.165) is 12.8 Å². The third-order valence-corrected chi connectivity index (χ3v) is 10.8. The number of rotatable bonds is 7. The zero-order valence-corrected chi connectivity index (χ0v) is 20.6. The van der Waals surface area contributed by atoms with Crippen LogP contribution in [0, 0.1) is 23.2 Å². The molecule has 0 bridgehead atoms. The Bertz CT molecular complexity index is 1360. The Labute approximate surface area is 204 Å². The molecule has 1 saturated heterocycles. The minimum atomic E-state index is -4.87. The summed E-state index contributed by atoms with van der Waals surface area (Å²) in [6, 6.07) is 2.19.